The highest BCUT2D eigenvalue weighted by molar-refractivity contribution is 6.09. The van der Waals surface area contributed by atoms with Crippen LogP contribution in [0.15, 0.2) is 18.2 Å². The first-order valence-electron chi connectivity index (χ1n) is 9.61. The Morgan fingerprint density at radius 1 is 1.21 bits per heavy atom. The number of rotatable bonds is 5. The van der Waals surface area contributed by atoms with Crippen LogP contribution in [-0.4, -0.2) is 41.4 Å². The third-order valence-electron chi connectivity index (χ3n) is 6.05. The van der Waals surface area contributed by atoms with Crippen molar-refractivity contribution in [3.05, 3.63) is 35.4 Å². The average Bonchev–Trinajstić information content (AvgIpc) is 2.88. The van der Waals surface area contributed by atoms with E-state index in [0.717, 1.165) is 36.3 Å². The van der Waals surface area contributed by atoms with Crippen LogP contribution in [-0.2, 0) is 16.0 Å². The summed E-state index contributed by atoms with van der Waals surface area (Å²) in [5, 5.41) is 5.35. The summed E-state index contributed by atoms with van der Waals surface area (Å²) in [5.41, 5.74) is -1.06. The van der Waals surface area contributed by atoms with E-state index in [0.29, 0.717) is 0 Å². The molecule has 2 aliphatic rings. The molecular formula is C20H25F2N3O3. The van der Waals surface area contributed by atoms with Gasteiger partial charge in [-0.15, -0.1) is 0 Å². The molecule has 2 unspecified atom stereocenters. The molecule has 2 N–H and O–H groups in total. The van der Waals surface area contributed by atoms with Crippen molar-refractivity contribution in [2.45, 2.75) is 45.1 Å². The van der Waals surface area contributed by atoms with Crippen LogP contribution in [0.5, 0.6) is 0 Å². The van der Waals surface area contributed by atoms with Crippen molar-refractivity contribution in [2.24, 2.45) is 11.8 Å². The molecule has 6 nitrogen and oxygen atoms in total. The van der Waals surface area contributed by atoms with E-state index in [1.165, 1.54) is 6.07 Å². The fraction of sp³-hybridized carbons (Fsp3) is 0.550. The van der Waals surface area contributed by atoms with Gasteiger partial charge in [-0.1, -0.05) is 26.3 Å². The first-order chi connectivity index (χ1) is 13.3. The Morgan fingerprint density at radius 3 is 2.43 bits per heavy atom. The van der Waals surface area contributed by atoms with Gasteiger partial charge in [-0.05, 0) is 43.2 Å². The molecule has 1 saturated carbocycles. The lowest BCUT2D eigenvalue weighted by Crippen LogP contribution is -2.59. The second kappa shape index (κ2) is 7.85. The van der Waals surface area contributed by atoms with Gasteiger partial charge in [0.05, 0.1) is 0 Å². The smallest absolute Gasteiger partial charge is 0.325 e. The molecule has 1 spiro atoms. The number of imide groups is 1. The lowest BCUT2D eigenvalue weighted by atomic mass is 9.67. The third kappa shape index (κ3) is 3.47. The number of amides is 4. The van der Waals surface area contributed by atoms with Crippen LogP contribution < -0.4 is 10.6 Å². The van der Waals surface area contributed by atoms with Gasteiger partial charge >= 0.3 is 6.03 Å². The third-order valence-corrected chi connectivity index (χ3v) is 6.05. The molecule has 3 rings (SSSR count). The minimum atomic E-state index is -0.952. The van der Waals surface area contributed by atoms with Crippen molar-refractivity contribution in [1.29, 1.82) is 0 Å². The van der Waals surface area contributed by atoms with Crippen LogP contribution >= 0.6 is 0 Å². The Balaban J connectivity index is 1.60. The molecule has 1 aromatic rings. The number of nitrogens with zero attached hydrogens (tertiary/aromatic N) is 1. The Labute approximate surface area is 162 Å². The summed E-state index contributed by atoms with van der Waals surface area (Å²) < 4.78 is 27.2. The summed E-state index contributed by atoms with van der Waals surface area (Å²) in [4.78, 5) is 38.5. The van der Waals surface area contributed by atoms with Crippen LogP contribution in [0.4, 0.5) is 13.6 Å². The van der Waals surface area contributed by atoms with Crippen molar-refractivity contribution in [1.82, 2.24) is 15.5 Å². The zero-order valence-corrected chi connectivity index (χ0v) is 16.1. The molecule has 0 bridgehead atoms. The molecule has 1 aliphatic carbocycles. The van der Waals surface area contributed by atoms with Gasteiger partial charge in [0.2, 0.25) is 5.91 Å². The molecule has 2 fully saturated rings. The minimum Gasteiger partial charge on any atom is -0.354 e. The highest BCUT2D eigenvalue weighted by atomic mass is 19.1. The standard InChI is InChI=1S/C20H25F2N3O3/c1-12-5-3-6-13(2)20(12)18(27)25(19(28)24-20)11-17(26)23-10-9-14-15(21)7-4-8-16(14)22/h4,7-8,12-13H,3,5-6,9-11H2,1-2H3,(H,23,26)(H,24,28). The van der Waals surface area contributed by atoms with E-state index in [1.807, 2.05) is 13.8 Å². The zero-order chi connectivity index (χ0) is 20.5. The molecule has 1 saturated heterocycles. The lowest BCUT2D eigenvalue weighted by Gasteiger charge is -2.42. The van der Waals surface area contributed by atoms with Crippen molar-refractivity contribution in [3.8, 4) is 0 Å². The van der Waals surface area contributed by atoms with Crippen molar-refractivity contribution in [2.75, 3.05) is 13.1 Å². The summed E-state index contributed by atoms with van der Waals surface area (Å²) in [7, 11) is 0. The van der Waals surface area contributed by atoms with Crippen LogP contribution in [0, 0.1) is 23.5 Å². The van der Waals surface area contributed by atoms with Gasteiger partial charge in [-0.2, -0.15) is 0 Å². The molecule has 0 aromatic heterocycles. The second-order valence-electron chi connectivity index (χ2n) is 7.72. The van der Waals surface area contributed by atoms with Gasteiger partial charge in [0.25, 0.3) is 5.91 Å². The van der Waals surface area contributed by atoms with Gasteiger partial charge in [0.15, 0.2) is 0 Å². The molecule has 8 heteroatoms. The van der Waals surface area contributed by atoms with E-state index in [2.05, 4.69) is 10.6 Å². The van der Waals surface area contributed by atoms with Crippen LogP contribution in [0.1, 0.15) is 38.7 Å². The fourth-order valence-corrected chi connectivity index (χ4v) is 4.39. The number of carbonyl (C=O) groups excluding carboxylic acids is 3. The van der Waals surface area contributed by atoms with Crippen LogP contribution in [0.2, 0.25) is 0 Å². The quantitative estimate of drug-likeness (QED) is 0.754. The summed E-state index contributed by atoms with van der Waals surface area (Å²) in [6, 6.07) is 3.01. The molecular weight excluding hydrogens is 368 g/mol. The number of hydrogen-bond acceptors (Lipinski definition) is 3. The highest BCUT2D eigenvalue weighted by Crippen LogP contribution is 2.42. The van der Waals surface area contributed by atoms with E-state index >= 15 is 0 Å². The number of halogens is 2. The highest BCUT2D eigenvalue weighted by Gasteiger charge is 2.58. The lowest BCUT2D eigenvalue weighted by molar-refractivity contribution is -0.139. The molecule has 2 atom stereocenters. The van der Waals surface area contributed by atoms with Crippen molar-refractivity contribution >= 4 is 17.8 Å². The number of hydrogen-bond donors (Lipinski definition) is 2. The number of urea groups is 1. The predicted molar refractivity (Wildman–Crippen MR) is 98.2 cm³/mol. The average molecular weight is 393 g/mol. The predicted octanol–water partition coefficient (Wildman–Crippen LogP) is 2.37. The Bertz CT molecular complexity index is 769. The SMILES string of the molecule is CC1CCCC(C)C12NC(=O)N(CC(=O)NCCc1c(F)cccc1F)C2=O. The molecule has 1 aromatic carbocycles. The monoisotopic (exact) mass is 393 g/mol. The summed E-state index contributed by atoms with van der Waals surface area (Å²) in [5.74, 6) is -2.29. The summed E-state index contributed by atoms with van der Waals surface area (Å²) in [6.45, 7) is 3.48. The van der Waals surface area contributed by atoms with E-state index in [9.17, 15) is 23.2 Å². The Hall–Kier alpha value is -2.51. The van der Waals surface area contributed by atoms with Gasteiger partial charge < -0.3 is 10.6 Å². The van der Waals surface area contributed by atoms with E-state index in [4.69, 9.17) is 0 Å². The van der Waals surface area contributed by atoms with Gasteiger partial charge in [-0.25, -0.2) is 13.6 Å². The maximum atomic E-state index is 13.6. The van der Waals surface area contributed by atoms with Crippen LogP contribution in [0.25, 0.3) is 0 Å². The number of benzene rings is 1. The number of carbonyl (C=O) groups is 3. The van der Waals surface area contributed by atoms with E-state index in [1.54, 1.807) is 0 Å². The molecule has 152 valence electrons. The molecule has 0 radical (unpaired) electrons. The first kappa shape index (κ1) is 20.2. The summed E-state index contributed by atoms with van der Waals surface area (Å²) >= 11 is 0. The van der Waals surface area contributed by atoms with E-state index < -0.39 is 35.7 Å². The van der Waals surface area contributed by atoms with Crippen LogP contribution in [0.3, 0.4) is 0 Å². The van der Waals surface area contributed by atoms with Gasteiger partial charge in [-0.3, -0.25) is 14.5 Å². The Morgan fingerprint density at radius 2 is 1.82 bits per heavy atom. The normalized spacial score (nSPS) is 27.2. The second-order valence-corrected chi connectivity index (χ2v) is 7.72. The maximum absolute atomic E-state index is 13.6. The van der Waals surface area contributed by atoms with Gasteiger partial charge in [0.1, 0.15) is 23.7 Å². The Kier molecular flexibility index (Phi) is 5.67. The van der Waals surface area contributed by atoms with Crippen molar-refractivity contribution in [3.63, 3.8) is 0 Å². The minimum absolute atomic E-state index is 0.00170. The first-order valence-corrected chi connectivity index (χ1v) is 9.61. The summed E-state index contributed by atoms with van der Waals surface area (Å²) in [6.07, 6.45) is 2.65. The molecule has 28 heavy (non-hydrogen) atoms. The molecule has 1 heterocycles. The van der Waals surface area contributed by atoms with Gasteiger partial charge in [0, 0.05) is 12.1 Å². The fourth-order valence-electron chi connectivity index (χ4n) is 4.39. The van der Waals surface area contributed by atoms with Crippen molar-refractivity contribution < 1.29 is 23.2 Å². The molecule has 4 amide bonds. The largest absolute Gasteiger partial charge is 0.354 e. The maximum Gasteiger partial charge on any atom is 0.325 e. The number of nitrogens with one attached hydrogen (secondary N) is 2. The molecule has 1 aliphatic heterocycles. The topological polar surface area (TPSA) is 78.5 Å². The zero-order valence-electron chi connectivity index (χ0n) is 16.1. The van der Waals surface area contributed by atoms with E-state index in [-0.39, 0.29) is 36.3 Å².